The molecule has 0 unspecified atom stereocenters. The van der Waals surface area contributed by atoms with E-state index in [4.69, 9.17) is 4.42 Å². The number of pyridine rings is 2. The average Bonchev–Trinajstić information content (AvgIpc) is 3.35. The summed E-state index contributed by atoms with van der Waals surface area (Å²) < 4.78 is 45.3. The lowest BCUT2D eigenvalue weighted by molar-refractivity contribution is -0.107. The van der Waals surface area contributed by atoms with Crippen LogP contribution >= 0.6 is 0 Å². The van der Waals surface area contributed by atoms with Gasteiger partial charge in [-0.3, -0.25) is 14.8 Å². The van der Waals surface area contributed by atoms with Gasteiger partial charge in [0, 0.05) is 38.2 Å². The lowest BCUT2D eigenvalue weighted by Crippen LogP contribution is -2.23. The standard InChI is InChI=1S/C23H19F3N6O2/c1-31(12-16-4-3-15(11-28-16)22-29-30-23(34-22)21(25)26)20-10-18(24)17(9-19(20)32(2)13-33)14-5-7-27-8-6-14/h3-11,13,21H,12H2,1-2H3. The first-order chi connectivity index (χ1) is 16.4. The van der Waals surface area contributed by atoms with E-state index in [1.807, 2.05) is 0 Å². The maximum absolute atomic E-state index is 15.0. The highest BCUT2D eigenvalue weighted by atomic mass is 19.3. The summed E-state index contributed by atoms with van der Waals surface area (Å²) in [5.74, 6) is -1.28. The second-order valence-electron chi connectivity index (χ2n) is 7.41. The van der Waals surface area contributed by atoms with E-state index in [0.29, 0.717) is 40.2 Å². The number of benzene rings is 1. The number of alkyl halides is 2. The summed E-state index contributed by atoms with van der Waals surface area (Å²) in [4.78, 5) is 22.9. The molecule has 1 aromatic carbocycles. The molecule has 3 aromatic heterocycles. The van der Waals surface area contributed by atoms with Crippen molar-refractivity contribution in [1.82, 2.24) is 20.2 Å². The Balaban J connectivity index is 1.60. The zero-order valence-electron chi connectivity index (χ0n) is 18.2. The number of halogens is 3. The fourth-order valence-electron chi connectivity index (χ4n) is 3.36. The van der Waals surface area contributed by atoms with Gasteiger partial charge in [-0.2, -0.15) is 8.78 Å². The summed E-state index contributed by atoms with van der Waals surface area (Å²) in [5, 5.41) is 6.90. The molecule has 11 heteroatoms. The molecule has 8 nitrogen and oxygen atoms in total. The van der Waals surface area contributed by atoms with E-state index in [1.165, 1.54) is 17.2 Å². The van der Waals surface area contributed by atoms with Crippen LogP contribution in [0.4, 0.5) is 24.5 Å². The van der Waals surface area contributed by atoms with E-state index < -0.39 is 18.1 Å². The first kappa shape index (κ1) is 22.9. The van der Waals surface area contributed by atoms with Crippen LogP contribution in [0.3, 0.4) is 0 Å². The number of rotatable bonds is 8. The van der Waals surface area contributed by atoms with Gasteiger partial charge < -0.3 is 14.2 Å². The van der Waals surface area contributed by atoms with Gasteiger partial charge in [0.15, 0.2) is 0 Å². The van der Waals surface area contributed by atoms with Crippen molar-refractivity contribution in [2.75, 3.05) is 23.9 Å². The third-order valence-corrected chi connectivity index (χ3v) is 5.10. The fourth-order valence-corrected chi connectivity index (χ4v) is 3.36. The van der Waals surface area contributed by atoms with E-state index >= 15 is 4.39 Å². The largest absolute Gasteiger partial charge is 0.415 e. The molecule has 0 atom stereocenters. The van der Waals surface area contributed by atoms with Crippen molar-refractivity contribution in [3.05, 3.63) is 72.4 Å². The molecular formula is C23H19F3N6O2. The Labute approximate surface area is 192 Å². The van der Waals surface area contributed by atoms with Crippen LogP contribution in [0, 0.1) is 5.82 Å². The van der Waals surface area contributed by atoms with E-state index in [9.17, 15) is 13.6 Å². The zero-order chi connectivity index (χ0) is 24.2. The summed E-state index contributed by atoms with van der Waals surface area (Å²) >= 11 is 0. The minimum absolute atomic E-state index is 0.0635. The highest BCUT2D eigenvalue weighted by molar-refractivity contribution is 5.87. The molecule has 3 heterocycles. The molecule has 0 N–H and O–H groups in total. The van der Waals surface area contributed by atoms with Crippen molar-refractivity contribution in [2.45, 2.75) is 13.0 Å². The van der Waals surface area contributed by atoms with Crippen molar-refractivity contribution < 1.29 is 22.4 Å². The van der Waals surface area contributed by atoms with Crippen molar-refractivity contribution in [1.29, 1.82) is 0 Å². The van der Waals surface area contributed by atoms with E-state index in [2.05, 4.69) is 20.2 Å². The zero-order valence-corrected chi connectivity index (χ0v) is 18.2. The molecule has 4 rings (SSSR count). The number of carbonyl (C=O) groups is 1. The Morgan fingerprint density at radius 1 is 1.03 bits per heavy atom. The van der Waals surface area contributed by atoms with Crippen LogP contribution in [0.2, 0.25) is 0 Å². The Hall–Kier alpha value is -4.28. The number of amides is 1. The second kappa shape index (κ2) is 9.69. The predicted octanol–water partition coefficient (Wildman–Crippen LogP) is 4.50. The molecule has 1 amide bonds. The van der Waals surface area contributed by atoms with E-state index in [-0.39, 0.29) is 12.4 Å². The summed E-state index contributed by atoms with van der Waals surface area (Å²) in [6, 6.07) is 9.63. The first-order valence-electron chi connectivity index (χ1n) is 10.1. The first-order valence-corrected chi connectivity index (χ1v) is 10.1. The normalized spacial score (nSPS) is 11.0. The predicted molar refractivity (Wildman–Crippen MR) is 119 cm³/mol. The molecule has 0 aliphatic carbocycles. The quantitative estimate of drug-likeness (QED) is 0.352. The Morgan fingerprint density at radius 2 is 1.79 bits per heavy atom. The van der Waals surface area contributed by atoms with Crippen LogP contribution in [0.15, 0.2) is 59.4 Å². The van der Waals surface area contributed by atoms with Crippen molar-refractivity contribution in [2.24, 2.45) is 0 Å². The van der Waals surface area contributed by atoms with Crippen molar-refractivity contribution >= 4 is 17.8 Å². The Kier molecular flexibility index (Phi) is 6.53. The SMILES string of the molecule is CN(C=O)c1cc(-c2ccncc2)c(F)cc1N(C)Cc1ccc(-c2nnc(C(F)F)o2)cn1. The summed E-state index contributed by atoms with van der Waals surface area (Å²) in [6.07, 6.45) is 2.35. The van der Waals surface area contributed by atoms with Gasteiger partial charge in [0.2, 0.25) is 12.3 Å². The third kappa shape index (κ3) is 4.72. The maximum atomic E-state index is 15.0. The van der Waals surface area contributed by atoms with Crippen molar-refractivity contribution in [3.8, 4) is 22.6 Å². The third-order valence-electron chi connectivity index (χ3n) is 5.10. The van der Waals surface area contributed by atoms with Crippen molar-refractivity contribution in [3.63, 3.8) is 0 Å². The number of hydrogen-bond donors (Lipinski definition) is 0. The minimum atomic E-state index is -2.86. The van der Waals surface area contributed by atoms with Gasteiger partial charge in [0.05, 0.1) is 29.2 Å². The van der Waals surface area contributed by atoms with Gasteiger partial charge in [-0.1, -0.05) is 0 Å². The van der Waals surface area contributed by atoms with Crippen LogP contribution in [-0.2, 0) is 11.3 Å². The molecule has 34 heavy (non-hydrogen) atoms. The Morgan fingerprint density at radius 3 is 2.41 bits per heavy atom. The molecule has 174 valence electrons. The second-order valence-corrected chi connectivity index (χ2v) is 7.41. The monoisotopic (exact) mass is 468 g/mol. The van der Waals surface area contributed by atoms with Gasteiger partial charge in [0.1, 0.15) is 5.82 Å². The number of hydrogen-bond acceptors (Lipinski definition) is 7. The maximum Gasteiger partial charge on any atom is 0.314 e. The molecule has 0 aliphatic heterocycles. The highest BCUT2D eigenvalue weighted by Crippen LogP contribution is 2.35. The summed E-state index contributed by atoms with van der Waals surface area (Å²) in [7, 11) is 3.32. The molecule has 0 radical (unpaired) electrons. The molecule has 0 saturated heterocycles. The summed E-state index contributed by atoms with van der Waals surface area (Å²) in [5.41, 5.74) is 2.96. The average molecular weight is 468 g/mol. The number of nitrogens with zero attached hydrogens (tertiary/aromatic N) is 6. The van der Waals surface area contributed by atoms with E-state index in [0.717, 1.165) is 0 Å². The lowest BCUT2D eigenvalue weighted by Gasteiger charge is -2.26. The highest BCUT2D eigenvalue weighted by Gasteiger charge is 2.19. The molecule has 0 saturated carbocycles. The van der Waals surface area contributed by atoms with E-state index in [1.54, 1.807) is 61.7 Å². The van der Waals surface area contributed by atoms with Crippen LogP contribution in [-0.4, -0.2) is 40.7 Å². The van der Waals surface area contributed by atoms with Crippen LogP contribution in [0.5, 0.6) is 0 Å². The summed E-state index contributed by atoms with van der Waals surface area (Å²) in [6.45, 7) is 0.278. The number of aromatic nitrogens is 4. The topological polar surface area (TPSA) is 88.3 Å². The molecule has 0 bridgehead atoms. The molecule has 0 fully saturated rings. The molecular weight excluding hydrogens is 449 g/mol. The van der Waals surface area contributed by atoms with Crippen LogP contribution in [0.25, 0.3) is 22.6 Å². The Bertz CT molecular complexity index is 1280. The molecule has 4 aromatic rings. The van der Waals surface area contributed by atoms with Gasteiger partial charge >= 0.3 is 6.43 Å². The number of carbonyl (C=O) groups excluding carboxylic acids is 1. The van der Waals surface area contributed by atoms with Crippen LogP contribution < -0.4 is 9.80 Å². The molecule has 0 aliphatic rings. The molecule has 0 spiro atoms. The van der Waals surface area contributed by atoms with Gasteiger partial charge in [-0.05, 0) is 42.0 Å². The fraction of sp³-hybridized carbons (Fsp3) is 0.174. The minimum Gasteiger partial charge on any atom is -0.415 e. The number of anilines is 2. The lowest BCUT2D eigenvalue weighted by atomic mass is 10.0. The van der Waals surface area contributed by atoms with Gasteiger partial charge in [0.25, 0.3) is 5.89 Å². The van der Waals surface area contributed by atoms with Gasteiger partial charge in [-0.15, -0.1) is 10.2 Å². The van der Waals surface area contributed by atoms with Gasteiger partial charge in [-0.25, -0.2) is 4.39 Å². The van der Waals surface area contributed by atoms with Crippen LogP contribution in [0.1, 0.15) is 18.0 Å². The smallest absolute Gasteiger partial charge is 0.314 e.